The van der Waals surface area contributed by atoms with Crippen molar-refractivity contribution in [3.63, 3.8) is 0 Å². The Balaban J connectivity index is 1.68. The molecule has 2 N–H and O–H groups in total. The van der Waals surface area contributed by atoms with Gasteiger partial charge in [0.15, 0.2) is 0 Å². The van der Waals surface area contributed by atoms with E-state index < -0.39 is 0 Å². The molecule has 0 radical (unpaired) electrons. The highest BCUT2D eigenvalue weighted by molar-refractivity contribution is 4.86. The average Bonchev–Trinajstić information content (AvgIpc) is 3.13. The maximum absolute atomic E-state index is 9.38. The molecule has 100 valence electrons. The van der Waals surface area contributed by atoms with Crippen molar-refractivity contribution >= 4 is 0 Å². The largest absolute Gasteiger partial charge is 0.395 e. The first-order valence-electron chi connectivity index (χ1n) is 7.28. The van der Waals surface area contributed by atoms with Crippen molar-refractivity contribution in [3.8, 4) is 0 Å². The quantitative estimate of drug-likeness (QED) is 0.738. The molecule has 2 aliphatic rings. The molecule has 0 aromatic rings. The number of aliphatic hydroxyl groups excluding tert-OH is 1. The Kier molecular flexibility index (Phi) is 4.83. The molecule has 0 amide bonds. The number of nitrogens with one attached hydrogen (secondary N) is 1. The first kappa shape index (κ1) is 13.3. The summed E-state index contributed by atoms with van der Waals surface area (Å²) in [5.74, 6) is 1.74. The van der Waals surface area contributed by atoms with Crippen molar-refractivity contribution in [2.75, 3.05) is 26.2 Å². The third-order valence-electron chi connectivity index (χ3n) is 4.32. The predicted octanol–water partition coefficient (Wildman–Crippen LogP) is 1.47. The topological polar surface area (TPSA) is 35.5 Å². The van der Waals surface area contributed by atoms with Gasteiger partial charge in [0.25, 0.3) is 0 Å². The maximum Gasteiger partial charge on any atom is 0.0597 e. The van der Waals surface area contributed by atoms with E-state index in [1.165, 1.54) is 38.8 Å². The fraction of sp³-hybridized carbons (Fsp3) is 1.00. The van der Waals surface area contributed by atoms with Crippen molar-refractivity contribution in [3.05, 3.63) is 0 Å². The second-order valence-electron chi connectivity index (χ2n) is 6.20. The molecule has 3 heteroatoms. The summed E-state index contributed by atoms with van der Waals surface area (Å²) >= 11 is 0. The SMILES string of the molecule is CC(C)C1CCN(CC(CO)NC2CC2)CC1. The molecule has 0 aromatic heterocycles. The minimum atomic E-state index is 0.278. The summed E-state index contributed by atoms with van der Waals surface area (Å²) in [6.45, 7) is 8.41. The lowest BCUT2D eigenvalue weighted by molar-refractivity contribution is 0.126. The fourth-order valence-electron chi connectivity index (χ4n) is 2.86. The van der Waals surface area contributed by atoms with E-state index in [2.05, 4.69) is 24.1 Å². The van der Waals surface area contributed by atoms with E-state index in [0.29, 0.717) is 6.04 Å². The van der Waals surface area contributed by atoms with Crippen molar-refractivity contribution < 1.29 is 5.11 Å². The first-order chi connectivity index (χ1) is 8.19. The minimum absolute atomic E-state index is 0.278. The third kappa shape index (κ3) is 4.23. The van der Waals surface area contributed by atoms with Crippen LogP contribution in [-0.2, 0) is 0 Å². The second kappa shape index (κ2) is 6.17. The monoisotopic (exact) mass is 240 g/mol. The van der Waals surface area contributed by atoms with Crippen LogP contribution in [0, 0.1) is 11.8 Å². The van der Waals surface area contributed by atoms with Gasteiger partial charge < -0.3 is 15.3 Å². The molecular formula is C14H28N2O. The highest BCUT2D eigenvalue weighted by Gasteiger charge is 2.27. The van der Waals surface area contributed by atoms with Crippen molar-refractivity contribution in [1.82, 2.24) is 10.2 Å². The number of aliphatic hydroxyl groups is 1. The molecule has 1 atom stereocenters. The van der Waals surface area contributed by atoms with Crippen LogP contribution in [0.5, 0.6) is 0 Å². The number of hydrogen-bond acceptors (Lipinski definition) is 3. The van der Waals surface area contributed by atoms with Gasteiger partial charge in [0, 0.05) is 18.6 Å². The maximum atomic E-state index is 9.38. The highest BCUT2D eigenvalue weighted by Crippen LogP contribution is 2.25. The molecule has 1 aliphatic heterocycles. The van der Waals surface area contributed by atoms with Gasteiger partial charge in [-0.1, -0.05) is 13.8 Å². The van der Waals surface area contributed by atoms with E-state index in [0.717, 1.165) is 18.4 Å². The van der Waals surface area contributed by atoms with Crippen LogP contribution < -0.4 is 5.32 Å². The molecule has 1 saturated carbocycles. The highest BCUT2D eigenvalue weighted by atomic mass is 16.3. The molecule has 0 bridgehead atoms. The Morgan fingerprint density at radius 1 is 1.18 bits per heavy atom. The van der Waals surface area contributed by atoms with E-state index >= 15 is 0 Å². The Morgan fingerprint density at radius 2 is 1.82 bits per heavy atom. The number of likely N-dealkylation sites (tertiary alicyclic amines) is 1. The summed E-state index contributed by atoms with van der Waals surface area (Å²) in [6.07, 6.45) is 5.26. The van der Waals surface area contributed by atoms with Crippen LogP contribution in [0.3, 0.4) is 0 Å². The van der Waals surface area contributed by atoms with Crippen LogP contribution in [0.15, 0.2) is 0 Å². The molecule has 1 heterocycles. The van der Waals surface area contributed by atoms with Crippen LogP contribution in [0.4, 0.5) is 0 Å². The molecule has 3 nitrogen and oxygen atoms in total. The number of rotatable bonds is 6. The van der Waals surface area contributed by atoms with Crippen LogP contribution in [0.1, 0.15) is 39.5 Å². The molecule has 2 fully saturated rings. The summed E-state index contributed by atoms with van der Waals surface area (Å²) in [5, 5.41) is 12.9. The zero-order chi connectivity index (χ0) is 12.3. The second-order valence-corrected chi connectivity index (χ2v) is 6.20. The van der Waals surface area contributed by atoms with Crippen molar-refractivity contribution in [1.29, 1.82) is 0 Å². The lowest BCUT2D eigenvalue weighted by Gasteiger charge is -2.35. The number of piperidine rings is 1. The molecular weight excluding hydrogens is 212 g/mol. The lowest BCUT2D eigenvalue weighted by Crippen LogP contribution is -2.47. The predicted molar refractivity (Wildman–Crippen MR) is 71.0 cm³/mol. The van der Waals surface area contributed by atoms with E-state index in [1.807, 2.05) is 0 Å². The van der Waals surface area contributed by atoms with Gasteiger partial charge in [0.1, 0.15) is 0 Å². The van der Waals surface area contributed by atoms with Gasteiger partial charge in [-0.25, -0.2) is 0 Å². The van der Waals surface area contributed by atoms with E-state index in [9.17, 15) is 5.11 Å². The molecule has 0 spiro atoms. The van der Waals surface area contributed by atoms with E-state index in [4.69, 9.17) is 0 Å². The van der Waals surface area contributed by atoms with Gasteiger partial charge in [-0.3, -0.25) is 0 Å². The average molecular weight is 240 g/mol. The molecule has 1 aliphatic carbocycles. The first-order valence-corrected chi connectivity index (χ1v) is 7.28. The summed E-state index contributed by atoms with van der Waals surface area (Å²) in [6, 6.07) is 0.985. The summed E-state index contributed by atoms with van der Waals surface area (Å²) in [4.78, 5) is 2.52. The Bertz CT molecular complexity index is 220. The molecule has 0 aromatic carbocycles. The standard InChI is InChI=1S/C14H28N2O/c1-11(2)12-5-7-16(8-6-12)9-14(10-17)15-13-3-4-13/h11-15,17H,3-10H2,1-2H3. The smallest absolute Gasteiger partial charge is 0.0597 e. The molecule has 1 unspecified atom stereocenters. The van der Waals surface area contributed by atoms with Gasteiger partial charge in [0.2, 0.25) is 0 Å². The van der Waals surface area contributed by atoms with Crippen LogP contribution in [-0.4, -0.2) is 48.3 Å². The Morgan fingerprint density at radius 3 is 2.29 bits per heavy atom. The van der Waals surface area contributed by atoms with Gasteiger partial charge in [0.05, 0.1) is 6.61 Å². The van der Waals surface area contributed by atoms with Crippen LogP contribution in [0.25, 0.3) is 0 Å². The number of hydrogen-bond donors (Lipinski definition) is 2. The third-order valence-corrected chi connectivity index (χ3v) is 4.32. The Labute approximate surface area is 106 Å². The van der Waals surface area contributed by atoms with E-state index in [-0.39, 0.29) is 12.6 Å². The van der Waals surface area contributed by atoms with Gasteiger partial charge in [-0.05, 0) is 50.6 Å². The summed E-state index contributed by atoms with van der Waals surface area (Å²) in [7, 11) is 0. The van der Waals surface area contributed by atoms with Crippen molar-refractivity contribution in [2.24, 2.45) is 11.8 Å². The van der Waals surface area contributed by atoms with E-state index in [1.54, 1.807) is 0 Å². The lowest BCUT2D eigenvalue weighted by atomic mass is 9.86. The molecule has 17 heavy (non-hydrogen) atoms. The van der Waals surface area contributed by atoms with Gasteiger partial charge >= 0.3 is 0 Å². The van der Waals surface area contributed by atoms with Crippen LogP contribution in [0.2, 0.25) is 0 Å². The van der Waals surface area contributed by atoms with Crippen LogP contribution >= 0.6 is 0 Å². The zero-order valence-corrected chi connectivity index (χ0v) is 11.4. The van der Waals surface area contributed by atoms with Gasteiger partial charge in [-0.2, -0.15) is 0 Å². The molecule has 2 rings (SSSR count). The Hall–Kier alpha value is -0.120. The van der Waals surface area contributed by atoms with Gasteiger partial charge in [-0.15, -0.1) is 0 Å². The fourth-order valence-corrected chi connectivity index (χ4v) is 2.86. The summed E-state index contributed by atoms with van der Waals surface area (Å²) < 4.78 is 0. The molecule has 1 saturated heterocycles. The normalized spacial score (nSPS) is 25.4. The zero-order valence-electron chi connectivity index (χ0n) is 11.4. The number of nitrogens with zero attached hydrogens (tertiary/aromatic N) is 1. The van der Waals surface area contributed by atoms with Crippen molar-refractivity contribution in [2.45, 2.75) is 51.6 Å². The minimum Gasteiger partial charge on any atom is -0.395 e. The summed E-state index contributed by atoms with van der Waals surface area (Å²) in [5.41, 5.74) is 0.